The van der Waals surface area contributed by atoms with Crippen LogP contribution >= 0.6 is 11.6 Å². The highest BCUT2D eigenvalue weighted by Crippen LogP contribution is 2.31. The van der Waals surface area contributed by atoms with Crippen molar-refractivity contribution in [3.8, 4) is 5.75 Å². The Morgan fingerprint density at radius 2 is 2.04 bits per heavy atom. The highest BCUT2D eigenvalue weighted by atomic mass is 35.5. The van der Waals surface area contributed by atoms with Gasteiger partial charge in [-0.1, -0.05) is 23.7 Å². The zero-order chi connectivity index (χ0) is 18.7. The van der Waals surface area contributed by atoms with Gasteiger partial charge in [0.25, 0.3) is 11.6 Å². The van der Waals surface area contributed by atoms with Crippen molar-refractivity contribution in [2.24, 2.45) is 0 Å². The first-order valence-corrected chi connectivity index (χ1v) is 8.43. The van der Waals surface area contributed by atoms with Gasteiger partial charge in [-0.05, 0) is 31.0 Å². The van der Waals surface area contributed by atoms with Crippen molar-refractivity contribution in [2.45, 2.75) is 25.4 Å². The summed E-state index contributed by atoms with van der Waals surface area (Å²) in [6.07, 6.45) is 1.68. The molecular weight excluding hydrogens is 363 g/mol. The van der Waals surface area contributed by atoms with E-state index in [0.29, 0.717) is 0 Å². The fourth-order valence-electron chi connectivity index (χ4n) is 2.58. The SMILES string of the molecule is O=C(COc1cccc([N+](=O)[O-])c1)N(Cc1c(F)cccc1Cl)C1CC1. The second-order valence-corrected chi connectivity index (χ2v) is 6.40. The minimum absolute atomic E-state index is 0.0342. The number of carbonyl (C=O) groups excluding carboxylic acids is 1. The van der Waals surface area contributed by atoms with Gasteiger partial charge in [0, 0.05) is 22.7 Å². The summed E-state index contributed by atoms with van der Waals surface area (Å²) < 4.78 is 19.4. The van der Waals surface area contributed by atoms with E-state index in [9.17, 15) is 19.3 Å². The number of nitro groups is 1. The quantitative estimate of drug-likeness (QED) is 0.540. The fraction of sp³-hybridized carbons (Fsp3) is 0.278. The summed E-state index contributed by atoms with van der Waals surface area (Å²) in [5.74, 6) is -0.555. The van der Waals surface area contributed by atoms with Gasteiger partial charge in [0.2, 0.25) is 0 Å². The van der Waals surface area contributed by atoms with Crippen LogP contribution in [-0.4, -0.2) is 28.4 Å². The molecule has 0 unspecified atom stereocenters. The van der Waals surface area contributed by atoms with E-state index in [0.717, 1.165) is 12.8 Å². The number of ether oxygens (including phenoxy) is 1. The molecule has 0 heterocycles. The van der Waals surface area contributed by atoms with Crippen LogP contribution in [0.4, 0.5) is 10.1 Å². The maximum atomic E-state index is 14.0. The first-order valence-electron chi connectivity index (χ1n) is 8.05. The second kappa shape index (κ2) is 7.70. The van der Waals surface area contributed by atoms with Gasteiger partial charge in [-0.3, -0.25) is 14.9 Å². The van der Waals surface area contributed by atoms with Crippen LogP contribution in [0.15, 0.2) is 42.5 Å². The molecule has 0 radical (unpaired) electrons. The van der Waals surface area contributed by atoms with Gasteiger partial charge in [-0.25, -0.2) is 4.39 Å². The molecule has 0 N–H and O–H groups in total. The van der Waals surface area contributed by atoms with Crippen LogP contribution in [0.2, 0.25) is 5.02 Å². The molecule has 8 heteroatoms. The number of non-ortho nitro benzene ring substituents is 1. The van der Waals surface area contributed by atoms with Crippen LogP contribution in [-0.2, 0) is 11.3 Å². The predicted molar refractivity (Wildman–Crippen MR) is 93.6 cm³/mol. The molecular formula is C18H16ClFN2O4. The standard InChI is InChI=1S/C18H16ClFN2O4/c19-16-5-2-6-17(20)15(16)10-21(12-7-8-12)18(23)11-26-14-4-1-3-13(9-14)22(24)25/h1-6,9,12H,7-8,10-11H2. The molecule has 0 aliphatic heterocycles. The lowest BCUT2D eigenvalue weighted by atomic mass is 10.2. The molecule has 2 aromatic rings. The molecule has 3 rings (SSSR count). The molecule has 1 saturated carbocycles. The average Bonchev–Trinajstić information content (AvgIpc) is 3.44. The molecule has 0 bridgehead atoms. The Balaban J connectivity index is 1.68. The molecule has 1 aliphatic carbocycles. The van der Waals surface area contributed by atoms with Crippen molar-refractivity contribution in [1.29, 1.82) is 0 Å². The fourth-order valence-corrected chi connectivity index (χ4v) is 2.80. The van der Waals surface area contributed by atoms with Gasteiger partial charge in [0.15, 0.2) is 6.61 Å². The van der Waals surface area contributed by atoms with Crippen molar-refractivity contribution in [3.05, 3.63) is 69.0 Å². The van der Waals surface area contributed by atoms with Crippen LogP contribution in [0.3, 0.4) is 0 Å². The van der Waals surface area contributed by atoms with Crippen molar-refractivity contribution in [3.63, 3.8) is 0 Å². The van der Waals surface area contributed by atoms with Crippen LogP contribution in [0.5, 0.6) is 5.75 Å². The third kappa shape index (κ3) is 4.29. The first kappa shape index (κ1) is 18.1. The normalized spacial score (nSPS) is 13.3. The van der Waals surface area contributed by atoms with E-state index in [1.807, 2.05) is 0 Å². The second-order valence-electron chi connectivity index (χ2n) is 6.00. The molecule has 6 nitrogen and oxygen atoms in total. The lowest BCUT2D eigenvalue weighted by Gasteiger charge is -2.23. The molecule has 26 heavy (non-hydrogen) atoms. The summed E-state index contributed by atoms with van der Waals surface area (Å²) in [7, 11) is 0. The van der Waals surface area contributed by atoms with Gasteiger partial charge in [0.1, 0.15) is 11.6 Å². The summed E-state index contributed by atoms with van der Waals surface area (Å²) >= 11 is 6.05. The van der Waals surface area contributed by atoms with Gasteiger partial charge >= 0.3 is 0 Å². The number of amides is 1. The van der Waals surface area contributed by atoms with E-state index in [1.54, 1.807) is 11.0 Å². The average molecular weight is 379 g/mol. The molecule has 0 saturated heterocycles. The third-order valence-electron chi connectivity index (χ3n) is 4.09. The smallest absolute Gasteiger partial charge is 0.273 e. The molecule has 0 spiro atoms. The highest BCUT2D eigenvalue weighted by Gasteiger charge is 2.33. The van der Waals surface area contributed by atoms with Crippen LogP contribution in [0.25, 0.3) is 0 Å². The van der Waals surface area contributed by atoms with Gasteiger partial charge < -0.3 is 9.64 Å². The Morgan fingerprint density at radius 1 is 1.31 bits per heavy atom. The van der Waals surface area contributed by atoms with E-state index in [4.69, 9.17) is 16.3 Å². The number of halogens is 2. The minimum Gasteiger partial charge on any atom is -0.484 e. The zero-order valence-electron chi connectivity index (χ0n) is 13.7. The minimum atomic E-state index is -0.536. The lowest BCUT2D eigenvalue weighted by molar-refractivity contribution is -0.384. The van der Waals surface area contributed by atoms with E-state index < -0.39 is 10.7 Å². The molecule has 1 amide bonds. The van der Waals surface area contributed by atoms with Gasteiger partial charge in [-0.15, -0.1) is 0 Å². The van der Waals surface area contributed by atoms with E-state index >= 15 is 0 Å². The summed E-state index contributed by atoms with van der Waals surface area (Å²) in [6.45, 7) is -0.225. The van der Waals surface area contributed by atoms with Crippen molar-refractivity contribution < 1.29 is 18.8 Å². The van der Waals surface area contributed by atoms with Gasteiger partial charge in [0.05, 0.1) is 17.5 Å². The topological polar surface area (TPSA) is 72.7 Å². The van der Waals surface area contributed by atoms with Crippen molar-refractivity contribution in [2.75, 3.05) is 6.61 Å². The van der Waals surface area contributed by atoms with Crippen LogP contribution in [0, 0.1) is 15.9 Å². The van der Waals surface area contributed by atoms with Crippen molar-refractivity contribution in [1.82, 2.24) is 4.90 Å². The number of rotatable bonds is 7. The highest BCUT2D eigenvalue weighted by molar-refractivity contribution is 6.31. The first-order chi connectivity index (χ1) is 12.5. The monoisotopic (exact) mass is 378 g/mol. The molecule has 1 fully saturated rings. The maximum absolute atomic E-state index is 14.0. The van der Waals surface area contributed by atoms with Crippen LogP contribution < -0.4 is 4.74 Å². The number of nitrogens with zero attached hydrogens (tertiary/aromatic N) is 2. The molecule has 136 valence electrons. The van der Waals surface area contributed by atoms with Gasteiger partial charge in [-0.2, -0.15) is 0 Å². The number of nitro benzene ring substituents is 1. The predicted octanol–water partition coefficient (Wildman–Crippen LogP) is 3.96. The molecule has 1 aliphatic rings. The van der Waals surface area contributed by atoms with Crippen LogP contribution in [0.1, 0.15) is 18.4 Å². The number of benzene rings is 2. The third-order valence-corrected chi connectivity index (χ3v) is 4.44. The Bertz CT molecular complexity index is 821. The Kier molecular flexibility index (Phi) is 5.37. The maximum Gasteiger partial charge on any atom is 0.273 e. The summed E-state index contributed by atoms with van der Waals surface area (Å²) in [5.41, 5.74) is 0.150. The van der Waals surface area contributed by atoms with E-state index in [-0.39, 0.29) is 47.1 Å². The molecule has 0 atom stereocenters. The Labute approximate surface area is 154 Å². The van der Waals surface area contributed by atoms with Crippen molar-refractivity contribution >= 4 is 23.2 Å². The molecule has 0 aromatic heterocycles. The number of hydrogen-bond donors (Lipinski definition) is 0. The summed E-state index contributed by atoms with van der Waals surface area (Å²) in [6, 6.07) is 10.0. The number of hydrogen-bond acceptors (Lipinski definition) is 4. The lowest BCUT2D eigenvalue weighted by Crippen LogP contribution is -2.36. The van der Waals surface area contributed by atoms with E-state index in [1.165, 1.54) is 36.4 Å². The Morgan fingerprint density at radius 3 is 2.69 bits per heavy atom. The number of carbonyl (C=O) groups is 1. The largest absolute Gasteiger partial charge is 0.484 e. The summed E-state index contributed by atoms with van der Waals surface area (Å²) in [4.78, 5) is 24.3. The Hall–Kier alpha value is -2.67. The van der Waals surface area contributed by atoms with E-state index in [2.05, 4.69) is 0 Å². The zero-order valence-corrected chi connectivity index (χ0v) is 14.5. The molecule has 2 aromatic carbocycles. The summed E-state index contributed by atoms with van der Waals surface area (Å²) in [5, 5.41) is 11.1.